The molecular weight excluding hydrogens is 421 g/mol. The average Bonchev–Trinajstić information content (AvgIpc) is 3.10. The molecule has 1 atom stereocenters. The SMILES string of the molecule is CN=C(NCC1(N(C)C)CCSC1)N(C)Cc1cccn1C.I. The predicted molar refractivity (Wildman–Crippen MR) is 112 cm³/mol. The van der Waals surface area contributed by atoms with E-state index in [1.165, 1.54) is 23.6 Å². The van der Waals surface area contributed by atoms with Gasteiger partial charge in [-0.05, 0) is 38.4 Å². The minimum Gasteiger partial charge on any atom is -0.354 e. The zero-order valence-corrected chi connectivity index (χ0v) is 18.0. The normalized spacial score (nSPS) is 21.4. The van der Waals surface area contributed by atoms with E-state index in [0.717, 1.165) is 19.0 Å². The van der Waals surface area contributed by atoms with Crippen LogP contribution in [0.1, 0.15) is 12.1 Å². The van der Waals surface area contributed by atoms with Crippen LogP contribution in [-0.4, -0.2) is 72.1 Å². The first-order valence-corrected chi connectivity index (χ1v) is 8.91. The third-order valence-electron chi connectivity index (χ3n) is 4.63. The van der Waals surface area contributed by atoms with E-state index in [9.17, 15) is 0 Å². The van der Waals surface area contributed by atoms with Gasteiger partial charge >= 0.3 is 0 Å². The number of likely N-dealkylation sites (N-methyl/N-ethyl adjacent to an activating group) is 1. The van der Waals surface area contributed by atoms with Crippen molar-refractivity contribution >= 4 is 41.7 Å². The maximum atomic E-state index is 4.45. The van der Waals surface area contributed by atoms with Crippen LogP contribution in [0, 0.1) is 0 Å². The second kappa shape index (κ2) is 9.17. The van der Waals surface area contributed by atoms with Crippen molar-refractivity contribution in [3.63, 3.8) is 0 Å². The van der Waals surface area contributed by atoms with Crippen molar-refractivity contribution < 1.29 is 0 Å². The molecule has 132 valence electrons. The number of rotatable bonds is 5. The van der Waals surface area contributed by atoms with Gasteiger partial charge in [0.05, 0.1) is 6.54 Å². The molecule has 0 spiro atoms. The van der Waals surface area contributed by atoms with E-state index in [2.05, 4.69) is 71.2 Å². The Morgan fingerprint density at radius 2 is 2.17 bits per heavy atom. The standard InChI is InChI=1S/C16H29N5S.HI/c1-17-15(21(5)11-14-7-6-9-20(14)4)18-12-16(19(2)3)8-10-22-13-16;/h6-7,9H,8,10-13H2,1-5H3,(H,17,18);1H. The van der Waals surface area contributed by atoms with Crippen LogP contribution in [-0.2, 0) is 13.6 Å². The van der Waals surface area contributed by atoms with Gasteiger partial charge in [-0.3, -0.25) is 4.99 Å². The minimum atomic E-state index is 0. The van der Waals surface area contributed by atoms with E-state index in [4.69, 9.17) is 0 Å². The fourth-order valence-electron chi connectivity index (χ4n) is 2.85. The molecule has 1 fully saturated rings. The lowest BCUT2D eigenvalue weighted by Crippen LogP contribution is -2.54. The Hall–Kier alpha value is -0.410. The van der Waals surface area contributed by atoms with E-state index in [1.807, 2.05) is 18.8 Å². The second-order valence-corrected chi connectivity index (χ2v) is 7.39. The first-order chi connectivity index (χ1) is 10.5. The number of aliphatic imine (C=N–C) groups is 1. The summed E-state index contributed by atoms with van der Waals surface area (Å²) in [7, 11) is 10.4. The Bertz CT molecular complexity index is 508. The summed E-state index contributed by atoms with van der Waals surface area (Å²) in [5.41, 5.74) is 1.52. The van der Waals surface area contributed by atoms with Crippen molar-refractivity contribution in [3.8, 4) is 0 Å². The van der Waals surface area contributed by atoms with Crippen molar-refractivity contribution in [1.82, 2.24) is 19.7 Å². The third kappa shape index (κ3) is 5.03. The highest BCUT2D eigenvalue weighted by atomic mass is 127. The number of halogens is 1. The summed E-state index contributed by atoms with van der Waals surface area (Å²) in [6.07, 6.45) is 3.31. The first kappa shape index (κ1) is 20.6. The molecule has 0 bridgehead atoms. The highest BCUT2D eigenvalue weighted by Crippen LogP contribution is 2.31. The molecule has 0 radical (unpaired) electrons. The molecule has 7 heteroatoms. The maximum absolute atomic E-state index is 4.45. The molecule has 1 N–H and O–H groups in total. The number of aromatic nitrogens is 1. The maximum Gasteiger partial charge on any atom is 0.193 e. The van der Waals surface area contributed by atoms with Gasteiger partial charge in [0.15, 0.2) is 5.96 Å². The Morgan fingerprint density at radius 1 is 1.43 bits per heavy atom. The molecule has 1 aromatic heterocycles. The van der Waals surface area contributed by atoms with Crippen LogP contribution >= 0.6 is 35.7 Å². The van der Waals surface area contributed by atoms with Crippen LogP contribution in [0.15, 0.2) is 23.3 Å². The molecule has 0 aromatic carbocycles. The van der Waals surface area contributed by atoms with Crippen LogP contribution in [0.4, 0.5) is 0 Å². The summed E-state index contributed by atoms with van der Waals surface area (Å²) in [5.74, 6) is 3.39. The number of hydrogen-bond donors (Lipinski definition) is 1. The molecule has 2 rings (SSSR count). The molecule has 0 amide bonds. The van der Waals surface area contributed by atoms with Gasteiger partial charge in [0.1, 0.15) is 0 Å². The monoisotopic (exact) mass is 451 g/mol. The molecule has 5 nitrogen and oxygen atoms in total. The molecule has 2 heterocycles. The largest absolute Gasteiger partial charge is 0.354 e. The molecule has 1 aromatic rings. The number of aryl methyl sites for hydroxylation is 1. The van der Waals surface area contributed by atoms with Crippen molar-refractivity contribution in [2.75, 3.05) is 46.2 Å². The molecule has 1 aliphatic rings. The van der Waals surface area contributed by atoms with E-state index < -0.39 is 0 Å². The van der Waals surface area contributed by atoms with Crippen LogP contribution in [0.2, 0.25) is 0 Å². The number of hydrogen-bond acceptors (Lipinski definition) is 3. The van der Waals surface area contributed by atoms with Gasteiger partial charge in [-0.15, -0.1) is 24.0 Å². The van der Waals surface area contributed by atoms with Gasteiger partial charge in [0, 0.05) is 50.9 Å². The summed E-state index contributed by atoms with van der Waals surface area (Å²) >= 11 is 2.04. The Morgan fingerprint density at radius 3 is 2.65 bits per heavy atom. The van der Waals surface area contributed by atoms with E-state index >= 15 is 0 Å². The number of guanidine groups is 1. The first-order valence-electron chi connectivity index (χ1n) is 7.76. The molecule has 1 saturated heterocycles. The third-order valence-corrected chi connectivity index (χ3v) is 5.86. The van der Waals surface area contributed by atoms with Gasteiger partial charge < -0.3 is 19.7 Å². The van der Waals surface area contributed by atoms with Crippen molar-refractivity contribution in [2.45, 2.75) is 18.5 Å². The van der Waals surface area contributed by atoms with Crippen molar-refractivity contribution in [3.05, 3.63) is 24.0 Å². The van der Waals surface area contributed by atoms with Crippen molar-refractivity contribution in [2.24, 2.45) is 12.0 Å². The molecule has 0 saturated carbocycles. The fourth-order valence-corrected chi connectivity index (χ4v) is 4.41. The zero-order chi connectivity index (χ0) is 16.2. The molecule has 23 heavy (non-hydrogen) atoms. The Kier molecular flexibility index (Phi) is 8.23. The molecular formula is C16H30IN5S. The summed E-state index contributed by atoms with van der Waals surface area (Å²) in [6.45, 7) is 1.80. The minimum absolute atomic E-state index is 0. The average molecular weight is 451 g/mol. The lowest BCUT2D eigenvalue weighted by Gasteiger charge is -2.37. The van der Waals surface area contributed by atoms with Gasteiger partial charge in [-0.25, -0.2) is 0 Å². The van der Waals surface area contributed by atoms with Crippen LogP contribution in [0.25, 0.3) is 0 Å². The van der Waals surface area contributed by atoms with Gasteiger partial charge in [-0.1, -0.05) is 0 Å². The highest BCUT2D eigenvalue weighted by molar-refractivity contribution is 14.0. The molecule has 0 aliphatic carbocycles. The number of nitrogens with one attached hydrogen (secondary N) is 1. The number of nitrogens with zero attached hydrogens (tertiary/aromatic N) is 4. The van der Waals surface area contributed by atoms with Crippen LogP contribution in [0.5, 0.6) is 0 Å². The van der Waals surface area contributed by atoms with E-state index in [1.54, 1.807) is 0 Å². The lowest BCUT2D eigenvalue weighted by molar-refractivity contribution is 0.181. The summed E-state index contributed by atoms with van der Waals surface area (Å²) < 4.78 is 2.15. The molecule has 1 unspecified atom stereocenters. The molecule has 1 aliphatic heterocycles. The predicted octanol–water partition coefficient (Wildman–Crippen LogP) is 2.09. The van der Waals surface area contributed by atoms with E-state index in [-0.39, 0.29) is 29.5 Å². The number of thioether (sulfide) groups is 1. The zero-order valence-electron chi connectivity index (χ0n) is 14.9. The Labute approximate surface area is 161 Å². The van der Waals surface area contributed by atoms with Crippen LogP contribution < -0.4 is 5.32 Å². The topological polar surface area (TPSA) is 35.8 Å². The van der Waals surface area contributed by atoms with Gasteiger partial charge in [0.2, 0.25) is 0 Å². The summed E-state index contributed by atoms with van der Waals surface area (Å²) in [5, 5.41) is 3.58. The smallest absolute Gasteiger partial charge is 0.193 e. The van der Waals surface area contributed by atoms with Crippen LogP contribution in [0.3, 0.4) is 0 Å². The second-order valence-electron chi connectivity index (χ2n) is 6.29. The summed E-state index contributed by atoms with van der Waals surface area (Å²) in [6, 6.07) is 4.23. The van der Waals surface area contributed by atoms with Gasteiger partial charge in [-0.2, -0.15) is 11.8 Å². The summed E-state index contributed by atoms with van der Waals surface area (Å²) in [4.78, 5) is 8.99. The fraction of sp³-hybridized carbons (Fsp3) is 0.688. The quantitative estimate of drug-likeness (QED) is 0.423. The van der Waals surface area contributed by atoms with E-state index in [0.29, 0.717) is 0 Å². The highest BCUT2D eigenvalue weighted by Gasteiger charge is 2.36. The lowest BCUT2D eigenvalue weighted by atomic mass is 9.97. The van der Waals surface area contributed by atoms with Crippen molar-refractivity contribution in [1.29, 1.82) is 0 Å². The Balaban J connectivity index is 0.00000264. The van der Waals surface area contributed by atoms with Gasteiger partial charge in [0.25, 0.3) is 0 Å².